The summed E-state index contributed by atoms with van der Waals surface area (Å²) in [6, 6.07) is 10.7. The molecule has 0 radical (unpaired) electrons. The van der Waals surface area contributed by atoms with Gasteiger partial charge in [-0.3, -0.25) is 0 Å². The first kappa shape index (κ1) is 13.9. The van der Waals surface area contributed by atoms with Gasteiger partial charge in [0.1, 0.15) is 12.4 Å². The Labute approximate surface area is 116 Å². The van der Waals surface area contributed by atoms with E-state index in [1.54, 1.807) is 0 Å². The fraction of sp³-hybridized carbons (Fsp3) is 0.471. The third kappa shape index (κ3) is 3.95. The van der Waals surface area contributed by atoms with Crippen molar-refractivity contribution in [2.75, 3.05) is 0 Å². The molecule has 1 aromatic heterocycles. The zero-order chi connectivity index (χ0) is 13.5. The van der Waals surface area contributed by atoms with Gasteiger partial charge in [-0.05, 0) is 18.4 Å². The Bertz CT molecular complexity index is 485. The van der Waals surface area contributed by atoms with Crippen molar-refractivity contribution in [3.63, 3.8) is 0 Å². The number of rotatable bonds is 7. The Morgan fingerprint density at radius 2 is 1.84 bits per heavy atom. The highest BCUT2D eigenvalue weighted by Crippen LogP contribution is 2.06. The molecule has 0 aliphatic heterocycles. The predicted octanol–water partition coefficient (Wildman–Crippen LogP) is 3.48. The normalized spacial score (nSPS) is 10.8. The summed E-state index contributed by atoms with van der Waals surface area (Å²) in [6.07, 6.45) is 10.7. The zero-order valence-corrected chi connectivity index (χ0v) is 12.2. The van der Waals surface area contributed by atoms with E-state index in [9.17, 15) is 0 Å². The molecule has 19 heavy (non-hydrogen) atoms. The lowest BCUT2D eigenvalue weighted by Gasteiger charge is -2.03. The van der Waals surface area contributed by atoms with Crippen LogP contribution < -0.4 is 4.57 Å². The molecule has 0 aliphatic carbocycles. The summed E-state index contributed by atoms with van der Waals surface area (Å²) in [5.41, 5.74) is 1.38. The van der Waals surface area contributed by atoms with Crippen molar-refractivity contribution in [2.24, 2.45) is 7.05 Å². The molecule has 1 heterocycles. The van der Waals surface area contributed by atoms with E-state index >= 15 is 0 Å². The number of imidazole rings is 1. The van der Waals surface area contributed by atoms with Gasteiger partial charge in [-0.2, -0.15) is 0 Å². The lowest BCUT2D eigenvalue weighted by Crippen LogP contribution is -2.37. The smallest absolute Gasteiger partial charge is 0.237 e. The van der Waals surface area contributed by atoms with Gasteiger partial charge in [0.25, 0.3) is 5.82 Å². The molecule has 2 heteroatoms. The Hall–Kier alpha value is -1.57. The molecule has 0 atom stereocenters. The minimum atomic E-state index is 1.01. The molecule has 0 aliphatic rings. The standard InChI is InChI=1S/C17H25N2/c1-3-4-5-9-12-19-14-13-18(2)17(19)15-16-10-7-6-8-11-16/h6-8,10-11,13-14H,3-5,9,12,15H2,1-2H3/q+1. The number of hydrogen-bond acceptors (Lipinski definition) is 0. The van der Waals surface area contributed by atoms with Gasteiger partial charge in [0.05, 0.1) is 20.0 Å². The summed E-state index contributed by atoms with van der Waals surface area (Å²) in [5.74, 6) is 1.39. The summed E-state index contributed by atoms with van der Waals surface area (Å²) in [6.45, 7) is 3.40. The second-order valence-corrected chi connectivity index (χ2v) is 5.24. The average Bonchev–Trinajstić information content (AvgIpc) is 2.78. The summed E-state index contributed by atoms with van der Waals surface area (Å²) in [5, 5.41) is 0. The Kier molecular flexibility index (Phi) is 5.20. The Balaban J connectivity index is 2.01. The summed E-state index contributed by atoms with van der Waals surface area (Å²) >= 11 is 0. The van der Waals surface area contributed by atoms with Crippen LogP contribution >= 0.6 is 0 Å². The van der Waals surface area contributed by atoms with Crippen LogP contribution in [0.15, 0.2) is 42.7 Å². The van der Waals surface area contributed by atoms with Crippen LogP contribution in [0.25, 0.3) is 0 Å². The first-order valence-electron chi connectivity index (χ1n) is 7.39. The molecule has 102 valence electrons. The van der Waals surface area contributed by atoms with E-state index in [1.165, 1.54) is 37.1 Å². The lowest BCUT2D eigenvalue weighted by molar-refractivity contribution is -0.703. The van der Waals surface area contributed by atoms with Crippen LogP contribution in [0.1, 0.15) is 44.0 Å². The molecule has 2 rings (SSSR count). The van der Waals surface area contributed by atoms with Crippen LogP contribution in [-0.4, -0.2) is 4.57 Å². The van der Waals surface area contributed by atoms with Crippen molar-refractivity contribution in [1.29, 1.82) is 0 Å². The first-order valence-corrected chi connectivity index (χ1v) is 7.39. The summed E-state index contributed by atoms with van der Waals surface area (Å²) in [4.78, 5) is 0. The number of benzene rings is 1. The minimum Gasteiger partial charge on any atom is -0.237 e. The quantitative estimate of drug-likeness (QED) is 0.530. The number of aromatic nitrogens is 2. The maximum absolute atomic E-state index is 2.41. The third-order valence-corrected chi connectivity index (χ3v) is 3.67. The monoisotopic (exact) mass is 257 g/mol. The molecule has 0 fully saturated rings. The maximum Gasteiger partial charge on any atom is 0.260 e. The van der Waals surface area contributed by atoms with Gasteiger partial charge in [-0.1, -0.05) is 50.1 Å². The maximum atomic E-state index is 2.41. The molecule has 0 saturated heterocycles. The molecular formula is C17H25N2+. The SMILES string of the molecule is CCCCCC[n+]1ccn(C)c1Cc1ccccc1. The highest BCUT2D eigenvalue weighted by Gasteiger charge is 2.14. The minimum absolute atomic E-state index is 1.01. The van der Waals surface area contributed by atoms with Crippen molar-refractivity contribution < 1.29 is 4.57 Å². The molecule has 0 unspecified atom stereocenters. The van der Waals surface area contributed by atoms with Crippen LogP contribution in [0.5, 0.6) is 0 Å². The number of unbranched alkanes of at least 4 members (excludes halogenated alkanes) is 3. The lowest BCUT2D eigenvalue weighted by atomic mass is 10.1. The fourth-order valence-electron chi connectivity index (χ4n) is 2.47. The van der Waals surface area contributed by atoms with Gasteiger partial charge >= 0.3 is 0 Å². The van der Waals surface area contributed by atoms with Gasteiger partial charge in [-0.15, -0.1) is 0 Å². The second-order valence-electron chi connectivity index (χ2n) is 5.24. The van der Waals surface area contributed by atoms with Crippen molar-refractivity contribution in [3.8, 4) is 0 Å². The van der Waals surface area contributed by atoms with Crippen LogP contribution in [-0.2, 0) is 20.0 Å². The average molecular weight is 257 g/mol. The van der Waals surface area contributed by atoms with Gasteiger partial charge in [0.15, 0.2) is 0 Å². The van der Waals surface area contributed by atoms with E-state index in [4.69, 9.17) is 0 Å². The Morgan fingerprint density at radius 1 is 1.05 bits per heavy atom. The molecule has 0 amide bonds. The van der Waals surface area contributed by atoms with E-state index in [2.05, 4.69) is 65.8 Å². The van der Waals surface area contributed by atoms with E-state index < -0.39 is 0 Å². The number of aryl methyl sites for hydroxylation is 2. The largest absolute Gasteiger partial charge is 0.260 e. The first-order chi connectivity index (χ1) is 9.31. The molecule has 0 N–H and O–H groups in total. The second kappa shape index (κ2) is 7.13. The van der Waals surface area contributed by atoms with E-state index in [0.29, 0.717) is 0 Å². The van der Waals surface area contributed by atoms with Crippen molar-refractivity contribution in [2.45, 2.75) is 45.6 Å². The van der Waals surface area contributed by atoms with Crippen LogP contribution in [0.3, 0.4) is 0 Å². The molecule has 2 nitrogen and oxygen atoms in total. The van der Waals surface area contributed by atoms with Crippen LogP contribution in [0, 0.1) is 0 Å². The van der Waals surface area contributed by atoms with E-state index in [0.717, 1.165) is 13.0 Å². The number of nitrogens with zero attached hydrogens (tertiary/aromatic N) is 2. The van der Waals surface area contributed by atoms with Crippen LogP contribution in [0.2, 0.25) is 0 Å². The van der Waals surface area contributed by atoms with Crippen LogP contribution in [0.4, 0.5) is 0 Å². The van der Waals surface area contributed by atoms with E-state index in [-0.39, 0.29) is 0 Å². The molecular weight excluding hydrogens is 232 g/mol. The zero-order valence-electron chi connectivity index (χ0n) is 12.2. The Morgan fingerprint density at radius 3 is 2.58 bits per heavy atom. The van der Waals surface area contributed by atoms with Gasteiger partial charge in [-0.25, -0.2) is 9.13 Å². The summed E-state index contributed by atoms with van der Waals surface area (Å²) in [7, 11) is 2.14. The van der Waals surface area contributed by atoms with Crippen molar-refractivity contribution >= 4 is 0 Å². The third-order valence-electron chi connectivity index (χ3n) is 3.67. The fourth-order valence-corrected chi connectivity index (χ4v) is 2.47. The molecule has 2 aromatic rings. The van der Waals surface area contributed by atoms with Gasteiger partial charge in [0.2, 0.25) is 0 Å². The van der Waals surface area contributed by atoms with Gasteiger partial charge in [0, 0.05) is 0 Å². The number of hydrogen-bond donors (Lipinski definition) is 0. The molecule has 0 saturated carbocycles. The molecule has 0 spiro atoms. The van der Waals surface area contributed by atoms with E-state index in [1.807, 2.05) is 0 Å². The van der Waals surface area contributed by atoms with Gasteiger partial charge < -0.3 is 0 Å². The highest BCUT2D eigenvalue weighted by atomic mass is 15.1. The van der Waals surface area contributed by atoms with Crippen molar-refractivity contribution in [3.05, 3.63) is 54.1 Å². The summed E-state index contributed by atoms with van der Waals surface area (Å²) < 4.78 is 4.65. The molecule has 0 bridgehead atoms. The highest BCUT2D eigenvalue weighted by molar-refractivity contribution is 5.17. The topological polar surface area (TPSA) is 8.81 Å². The predicted molar refractivity (Wildman–Crippen MR) is 79.0 cm³/mol. The molecule has 1 aromatic carbocycles. The van der Waals surface area contributed by atoms with Crippen molar-refractivity contribution in [1.82, 2.24) is 4.57 Å².